The molecule has 1 aliphatic carbocycles. The minimum Gasteiger partial charge on any atom is -0.382 e. The number of rotatable bonds is 8. The average molecular weight is 235 g/mol. The topological polar surface area (TPSA) is 30.5 Å². The normalized spacial score (nSPS) is 17.0. The molecule has 1 saturated carbocycles. The zero-order valence-corrected chi connectivity index (χ0v) is 10.4. The van der Waals surface area contributed by atoms with E-state index >= 15 is 0 Å². The molecule has 1 unspecified atom stereocenters. The third-order valence-electron chi connectivity index (χ3n) is 2.95. The van der Waals surface area contributed by atoms with Crippen molar-refractivity contribution in [1.29, 1.82) is 0 Å². The highest BCUT2D eigenvalue weighted by Gasteiger charge is 2.22. The second kappa shape index (κ2) is 6.74. The smallest absolute Gasteiger partial charge is 0.0950 e. The highest BCUT2D eigenvalue weighted by molar-refractivity contribution is 5.18. The van der Waals surface area contributed by atoms with Gasteiger partial charge in [-0.05, 0) is 18.4 Å². The number of ether oxygens (including phenoxy) is 2. The van der Waals surface area contributed by atoms with Crippen LogP contribution < -0.4 is 5.32 Å². The van der Waals surface area contributed by atoms with Crippen molar-refractivity contribution in [2.45, 2.75) is 25.0 Å². The third kappa shape index (κ3) is 4.46. The van der Waals surface area contributed by atoms with E-state index in [0.717, 1.165) is 6.54 Å². The van der Waals surface area contributed by atoms with Crippen LogP contribution in [0.5, 0.6) is 0 Å². The van der Waals surface area contributed by atoms with Crippen molar-refractivity contribution in [3.05, 3.63) is 35.9 Å². The molecule has 0 spiro atoms. The van der Waals surface area contributed by atoms with E-state index in [9.17, 15) is 0 Å². The first kappa shape index (κ1) is 12.6. The number of hydrogen-bond acceptors (Lipinski definition) is 3. The highest BCUT2D eigenvalue weighted by atomic mass is 16.5. The van der Waals surface area contributed by atoms with E-state index in [1.54, 1.807) is 7.11 Å². The van der Waals surface area contributed by atoms with Gasteiger partial charge in [0.2, 0.25) is 0 Å². The van der Waals surface area contributed by atoms with Gasteiger partial charge in [0.05, 0.1) is 19.3 Å². The Morgan fingerprint density at radius 1 is 1.24 bits per heavy atom. The second-order valence-corrected chi connectivity index (χ2v) is 4.45. The molecule has 0 radical (unpaired) electrons. The van der Waals surface area contributed by atoms with Crippen molar-refractivity contribution in [3.63, 3.8) is 0 Å². The Balaban J connectivity index is 1.85. The molecule has 3 nitrogen and oxygen atoms in total. The summed E-state index contributed by atoms with van der Waals surface area (Å²) in [6.07, 6.45) is 2.74. The van der Waals surface area contributed by atoms with Gasteiger partial charge in [-0.2, -0.15) is 0 Å². The van der Waals surface area contributed by atoms with Gasteiger partial charge in [-0.15, -0.1) is 0 Å². The van der Waals surface area contributed by atoms with Gasteiger partial charge < -0.3 is 14.8 Å². The molecule has 1 fully saturated rings. The molecule has 1 N–H and O–H groups in total. The minimum atomic E-state index is 0.131. The number of hydrogen-bond donors (Lipinski definition) is 1. The highest BCUT2D eigenvalue weighted by Crippen LogP contribution is 2.22. The molecule has 94 valence electrons. The summed E-state index contributed by atoms with van der Waals surface area (Å²) in [5.74, 6) is 0. The van der Waals surface area contributed by atoms with Crippen molar-refractivity contribution in [2.75, 3.05) is 26.9 Å². The Labute approximate surface area is 103 Å². The predicted molar refractivity (Wildman–Crippen MR) is 68.0 cm³/mol. The molecule has 2 rings (SSSR count). The van der Waals surface area contributed by atoms with Gasteiger partial charge in [0.15, 0.2) is 0 Å². The molecular weight excluding hydrogens is 214 g/mol. The van der Waals surface area contributed by atoms with E-state index in [0.29, 0.717) is 19.3 Å². The van der Waals surface area contributed by atoms with Crippen LogP contribution in [0.2, 0.25) is 0 Å². The van der Waals surface area contributed by atoms with Crippen LogP contribution in [0, 0.1) is 0 Å². The molecule has 0 bridgehead atoms. The Hall–Kier alpha value is -0.900. The van der Waals surface area contributed by atoms with Gasteiger partial charge in [0.25, 0.3) is 0 Å². The summed E-state index contributed by atoms with van der Waals surface area (Å²) < 4.78 is 10.9. The SMILES string of the molecule is COCCOC(CNC1CC1)c1ccccc1. The largest absolute Gasteiger partial charge is 0.382 e. The van der Waals surface area contributed by atoms with Gasteiger partial charge in [-0.25, -0.2) is 0 Å². The van der Waals surface area contributed by atoms with E-state index in [1.807, 2.05) is 6.07 Å². The number of benzene rings is 1. The van der Waals surface area contributed by atoms with Gasteiger partial charge in [0, 0.05) is 19.7 Å². The molecule has 1 atom stereocenters. The maximum absolute atomic E-state index is 5.86. The first-order valence-electron chi connectivity index (χ1n) is 6.29. The fourth-order valence-electron chi connectivity index (χ4n) is 1.78. The van der Waals surface area contributed by atoms with Crippen LogP contribution in [0.25, 0.3) is 0 Å². The molecule has 0 aliphatic heterocycles. The molecule has 0 saturated heterocycles. The van der Waals surface area contributed by atoms with Crippen LogP contribution in [0.3, 0.4) is 0 Å². The van der Waals surface area contributed by atoms with E-state index in [2.05, 4.69) is 29.6 Å². The Morgan fingerprint density at radius 2 is 2.00 bits per heavy atom. The standard InChI is InChI=1S/C14H21NO2/c1-16-9-10-17-14(11-15-13-7-8-13)12-5-3-2-4-6-12/h2-6,13-15H,7-11H2,1H3. The van der Waals surface area contributed by atoms with Gasteiger partial charge >= 0.3 is 0 Å². The molecule has 0 amide bonds. The summed E-state index contributed by atoms with van der Waals surface area (Å²) in [5.41, 5.74) is 1.23. The van der Waals surface area contributed by atoms with Crippen LogP contribution in [-0.4, -0.2) is 32.9 Å². The monoisotopic (exact) mass is 235 g/mol. The summed E-state index contributed by atoms with van der Waals surface area (Å²) in [6, 6.07) is 11.1. The molecule has 1 aliphatic rings. The van der Waals surface area contributed by atoms with E-state index < -0.39 is 0 Å². The maximum atomic E-state index is 5.86. The first-order valence-corrected chi connectivity index (χ1v) is 6.29. The molecule has 1 aromatic rings. The Morgan fingerprint density at radius 3 is 2.65 bits per heavy atom. The molecule has 1 aromatic carbocycles. The zero-order valence-electron chi connectivity index (χ0n) is 10.4. The fourth-order valence-corrected chi connectivity index (χ4v) is 1.78. The van der Waals surface area contributed by atoms with Crippen LogP contribution in [0.4, 0.5) is 0 Å². The first-order chi connectivity index (χ1) is 8.40. The molecule has 0 heterocycles. The lowest BCUT2D eigenvalue weighted by atomic mass is 10.1. The van der Waals surface area contributed by atoms with E-state index in [1.165, 1.54) is 18.4 Å². The van der Waals surface area contributed by atoms with Crippen molar-refractivity contribution in [3.8, 4) is 0 Å². The quantitative estimate of drug-likeness (QED) is 0.700. The zero-order chi connectivity index (χ0) is 11.9. The summed E-state index contributed by atoms with van der Waals surface area (Å²) >= 11 is 0. The van der Waals surface area contributed by atoms with E-state index in [4.69, 9.17) is 9.47 Å². The minimum absolute atomic E-state index is 0.131. The van der Waals surface area contributed by atoms with Crippen molar-refractivity contribution in [2.24, 2.45) is 0 Å². The predicted octanol–water partition coefficient (Wildman–Crippen LogP) is 2.14. The summed E-state index contributed by atoms with van der Waals surface area (Å²) in [4.78, 5) is 0. The summed E-state index contributed by atoms with van der Waals surface area (Å²) in [6.45, 7) is 2.17. The Bertz CT molecular complexity index is 311. The van der Waals surface area contributed by atoms with Crippen LogP contribution >= 0.6 is 0 Å². The van der Waals surface area contributed by atoms with Crippen LogP contribution in [0.15, 0.2) is 30.3 Å². The summed E-state index contributed by atoms with van der Waals surface area (Å²) in [7, 11) is 1.70. The van der Waals surface area contributed by atoms with Crippen LogP contribution in [0.1, 0.15) is 24.5 Å². The second-order valence-electron chi connectivity index (χ2n) is 4.45. The van der Waals surface area contributed by atoms with Gasteiger partial charge in [-0.1, -0.05) is 30.3 Å². The van der Waals surface area contributed by atoms with Gasteiger partial charge in [0.1, 0.15) is 0 Å². The maximum Gasteiger partial charge on any atom is 0.0950 e. The third-order valence-corrected chi connectivity index (χ3v) is 2.95. The molecule has 0 aromatic heterocycles. The van der Waals surface area contributed by atoms with Gasteiger partial charge in [-0.3, -0.25) is 0 Å². The molecule has 17 heavy (non-hydrogen) atoms. The van der Waals surface area contributed by atoms with Crippen LogP contribution in [-0.2, 0) is 9.47 Å². The lowest BCUT2D eigenvalue weighted by Gasteiger charge is -2.18. The summed E-state index contributed by atoms with van der Waals surface area (Å²) in [5, 5.41) is 3.52. The lowest BCUT2D eigenvalue weighted by Crippen LogP contribution is -2.26. The Kier molecular flexibility index (Phi) is 4.98. The van der Waals surface area contributed by atoms with Crippen molar-refractivity contribution in [1.82, 2.24) is 5.32 Å². The average Bonchev–Trinajstić information content (AvgIpc) is 3.19. The number of nitrogens with one attached hydrogen (secondary N) is 1. The molecule has 3 heteroatoms. The lowest BCUT2D eigenvalue weighted by molar-refractivity contribution is 0.0164. The number of methoxy groups -OCH3 is 1. The van der Waals surface area contributed by atoms with Crippen molar-refractivity contribution < 1.29 is 9.47 Å². The van der Waals surface area contributed by atoms with E-state index in [-0.39, 0.29) is 6.10 Å². The fraction of sp³-hybridized carbons (Fsp3) is 0.571. The molecular formula is C14H21NO2. The van der Waals surface area contributed by atoms with Crippen molar-refractivity contribution >= 4 is 0 Å².